The highest BCUT2D eigenvalue weighted by molar-refractivity contribution is 5.15. The SMILES string of the molecule is CC.CC.C\C=C/C=C\C(=C/C)OC. The minimum Gasteiger partial charge on any atom is -0.497 e. The zero-order valence-electron chi connectivity index (χ0n) is 10.8. The Kier molecular flexibility index (Phi) is 30.4. The Hall–Kier alpha value is -0.980. The summed E-state index contributed by atoms with van der Waals surface area (Å²) in [4.78, 5) is 0. The summed E-state index contributed by atoms with van der Waals surface area (Å²) in [7, 11) is 1.66. The normalized spacial score (nSPS) is 10.4. The van der Waals surface area contributed by atoms with Crippen molar-refractivity contribution in [3.05, 3.63) is 36.1 Å². The van der Waals surface area contributed by atoms with Gasteiger partial charge in [-0.25, -0.2) is 0 Å². The average molecular weight is 198 g/mol. The third-order valence-corrected chi connectivity index (χ3v) is 1.08. The molecule has 0 aliphatic heterocycles. The van der Waals surface area contributed by atoms with E-state index in [0.717, 1.165) is 5.76 Å². The first-order valence-corrected chi connectivity index (χ1v) is 5.34. The van der Waals surface area contributed by atoms with Crippen LogP contribution in [0.3, 0.4) is 0 Å². The summed E-state index contributed by atoms with van der Waals surface area (Å²) in [6.45, 7) is 11.9. The van der Waals surface area contributed by atoms with Crippen LogP contribution in [0.2, 0.25) is 0 Å². The standard InChI is InChI=1S/C9H14O.2C2H6/c1-4-6-7-8-9(5-2)10-3;2*1-2/h4-8H,1-3H3;2*1-2H3/b6-4-,8-7-,9-5+;;. The predicted octanol–water partition coefficient (Wildman–Crippen LogP) is 4.72. The fraction of sp³-hybridized carbons (Fsp3) is 0.538. The van der Waals surface area contributed by atoms with Gasteiger partial charge < -0.3 is 4.74 Å². The van der Waals surface area contributed by atoms with Gasteiger partial charge in [0, 0.05) is 0 Å². The lowest BCUT2D eigenvalue weighted by Crippen LogP contribution is -1.78. The Morgan fingerprint density at radius 1 is 0.929 bits per heavy atom. The molecule has 0 fully saturated rings. The number of allylic oxidation sites excluding steroid dienone is 5. The molecule has 0 bridgehead atoms. The van der Waals surface area contributed by atoms with Gasteiger partial charge in [0.05, 0.1) is 7.11 Å². The smallest absolute Gasteiger partial charge is 0.114 e. The van der Waals surface area contributed by atoms with Crippen LogP contribution in [0.15, 0.2) is 36.1 Å². The first-order valence-electron chi connectivity index (χ1n) is 5.34. The Morgan fingerprint density at radius 2 is 1.43 bits per heavy atom. The molecule has 1 nitrogen and oxygen atoms in total. The maximum atomic E-state index is 4.99. The average Bonchev–Trinajstić information content (AvgIpc) is 2.30. The van der Waals surface area contributed by atoms with E-state index < -0.39 is 0 Å². The second-order valence-electron chi connectivity index (χ2n) is 1.78. The van der Waals surface area contributed by atoms with E-state index in [1.807, 2.05) is 71.9 Å². The number of hydrogen-bond acceptors (Lipinski definition) is 1. The maximum Gasteiger partial charge on any atom is 0.114 e. The van der Waals surface area contributed by atoms with Gasteiger partial charge in [-0.1, -0.05) is 45.9 Å². The van der Waals surface area contributed by atoms with Crippen LogP contribution < -0.4 is 0 Å². The maximum absolute atomic E-state index is 4.99. The summed E-state index contributed by atoms with van der Waals surface area (Å²) >= 11 is 0. The Balaban J connectivity index is -0.000000266. The van der Waals surface area contributed by atoms with Gasteiger partial charge >= 0.3 is 0 Å². The predicted molar refractivity (Wildman–Crippen MR) is 67.4 cm³/mol. The third-order valence-electron chi connectivity index (χ3n) is 1.08. The van der Waals surface area contributed by atoms with Crippen molar-refractivity contribution in [3.63, 3.8) is 0 Å². The Labute approximate surface area is 90.2 Å². The van der Waals surface area contributed by atoms with E-state index in [-0.39, 0.29) is 0 Å². The van der Waals surface area contributed by atoms with E-state index in [4.69, 9.17) is 4.74 Å². The Bertz CT molecular complexity index is 153. The number of ether oxygens (including phenoxy) is 1. The molecule has 0 heterocycles. The molecule has 0 saturated heterocycles. The van der Waals surface area contributed by atoms with Crippen molar-refractivity contribution in [2.45, 2.75) is 41.5 Å². The zero-order valence-corrected chi connectivity index (χ0v) is 10.8. The van der Waals surface area contributed by atoms with Crippen LogP contribution in [0.25, 0.3) is 0 Å². The van der Waals surface area contributed by atoms with E-state index in [0.29, 0.717) is 0 Å². The molecule has 0 aliphatic rings. The molecule has 0 saturated carbocycles. The fourth-order valence-electron chi connectivity index (χ4n) is 0.544. The molecule has 0 spiro atoms. The molecule has 0 aromatic heterocycles. The molecular formula is C13H26O. The number of methoxy groups -OCH3 is 1. The van der Waals surface area contributed by atoms with Gasteiger partial charge in [-0.15, -0.1) is 0 Å². The van der Waals surface area contributed by atoms with Crippen molar-refractivity contribution in [2.75, 3.05) is 7.11 Å². The highest BCUT2D eigenvalue weighted by Gasteiger charge is 1.80. The van der Waals surface area contributed by atoms with Crippen molar-refractivity contribution in [1.29, 1.82) is 0 Å². The molecule has 0 aliphatic carbocycles. The largest absolute Gasteiger partial charge is 0.497 e. The van der Waals surface area contributed by atoms with Crippen LogP contribution >= 0.6 is 0 Å². The molecule has 0 N–H and O–H groups in total. The Morgan fingerprint density at radius 3 is 1.71 bits per heavy atom. The van der Waals surface area contributed by atoms with E-state index >= 15 is 0 Å². The second-order valence-corrected chi connectivity index (χ2v) is 1.78. The van der Waals surface area contributed by atoms with E-state index in [1.54, 1.807) is 7.11 Å². The molecule has 0 aromatic rings. The van der Waals surface area contributed by atoms with Crippen LogP contribution in [0.4, 0.5) is 0 Å². The first kappa shape index (κ1) is 18.7. The van der Waals surface area contributed by atoms with Gasteiger partial charge in [0.15, 0.2) is 0 Å². The lowest BCUT2D eigenvalue weighted by atomic mass is 10.4. The molecule has 84 valence electrons. The third kappa shape index (κ3) is 17.2. The van der Waals surface area contributed by atoms with Gasteiger partial charge in [0.25, 0.3) is 0 Å². The molecule has 0 unspecified atom stereocenters. The van der Waals surface area contributed by atoms with Crippen LogP contribution in [0.5, 0.6) is 0 Å². The summed E-state index contributed by atoms with van der Waals surface area (Å²) in [5, 5.41) is 0. The fourth-order valence-corrected chi connectivity index (χ4v) is 0.544. The van der Waals surface area contributed by atoms with Gasteiger partial charge in [0.1, 0.15) is 5.76 Å². The van der Waals surface area contributed by atoms with Gasteiger partial charge in [-0.2, -0.15) is 0 Å². The van der Waals surface area contributed by atoms with Crippen molar-refractivity contribution < 1.29 is 4.74 Å². The van der Waals surface area contributed by atoms with Crippen LogP contribution in [0.1, 0.15) is 41.5 Å². The lowest BCUT2D eigenvalue weighted by molar-refractivity contribution is 0.306. The van der Waals surface area contributed by atoms with Crippen LogP contribution in [-0.4, -0.2) is 7.11 Å². The summed E-state index contributed by atoms with van der Waals surface area (Å²) < 4.78 is 4.99. The molecule has 14 heavy (non-hydrogen) atoms. The monoisotopic (exact) mass is 198 g/mol. The van der Waals surface area contributed by atoms with Crippen molar-refractivity contribution >= 4 is 0 Å². The van der Waals surface area contributed by atoms with Crippen molar-refractivity contribution in [3.8, 4) is 0 Å². The quantitative estimate of drug-likeness (QED) is 0.471. The lowest BCUT2D eigenvalue weighted by Gasteiger charge is -1.95. The van der Waals surface area contributed by atoms with Crippen LogP contribution in [0, 0.1) is 0 Å². The van der Waals surface area contributed by atoms with E-state index in [2.05, 4.69) is 0 Å². The highest BCUT2D eigenvalue weighted by atomic mass is 16.5. The minimum absolute atomic E-state index is 0.887. The molecule has 0 amide bonds. The van der Waals surface area contributed by atoms with Crippen LogP contribution in [-0.2, 0) is 4.74 Å². The highest BCUT2D eigenvalue weighted by Crippen LogP contribution is 1.96. The summed E-state index contributed by atoms with van der Waals surface area (Å²) in [5.74, 6) is 0.887. The number of rotatable bonds is 3. The van der Waals surface area contributed by atoms with Crippen molar-refractivity contribution in [2.24, 2.45) is 0 Å². The summed E-state index contributed by atoms with van der Waals surface area (Å²) in [6.07, 6.45) is 9.71. The number of hydrogen-bond donors (Lipinski definition) is 0. The molecule has 0 rings (SSSR count). The molecule has 0 radical (unpaired) electrons. The molecule has 1 heteroatoms. The molecule has 0 atom stereocenters. The van der Waals surface area contributed by atoms with Gasteiger partial charge in [0.2, 0.25) is 0 Å². The first-order chi connectivity index (χ1) is 6.85. The minimum atomic E-state index is 0.887. The topological polar surface area (TPSA) is 9.23 Å². The zero-order chi connectivity index (χ0) is 11.8. The van der Waals surface area contributed by atoms with E-state index in [9.17, 15) is 0 Å². The van der Waals surface area contributed by atoms with Crippen molar-refractivity contribution in [1.82, 2.24) is 0 Å². The molecular weight excluding hydrogens is 172 g/mol. The summed E-state index contributed by atoms with van der Waals surface area (Å²) in [5.41, 5.74) is 0. The van der Waals surface area contributed by atoms with E-state index in [1.165, 1.54) is 0 Å². The molecule has 0 aromatic carbocycles. The summed E-state index contributed by atoms with van der Waals surface area (Å²) in [6, 6.07) is 0. The van der Waals surface area contributed by atoms with Gasteiger partial charge in [-0.05, 0) is 26.0 Å². The second kappa shape index (κ2) is 22.7. The van der Waals surface area contributed by atoms with Gasteiger partial charge in [-0.3, -0.25) is 0 Å².